The highest BCUT2D eigenvalue weighted by atomic mass is 16.1. The number of nitrogens with one attached hydrogen (secondary N) is 1. The Morgan fingerprint density at radius 1 is 1.35 bits per heavy atom. The predicted octanol–water partition coefficient (Wildman–Crippen LogP) is 1.84. The molecule has 1 amide bonds. The molecule has 0 radical (unpaired) electrons. The Bertz CT molecular complexity index is 508. The summed E-state index contributed by atoms with van der Waals surface area (Å²) >= 11 is 0. The van der Waals surface area contributed by atoms with Gasteiger partial charge in [-0.1, -0.05) is 37.5 Å². The van der Waals surface area contributed by atoms with Gasteiger partial charge in [-0.05, 0) is 25.0 Å². The van der Waals surface area contributed by atoms with E-state index >= 15 is 0 Å². The van der Waals surface area contributed by atoms with Crippen LogP contribution in [0.1, 0.15) is 54.6 Å². The molecule has 4 nitrogen and oxygen atoms in total. The molecule has 0 aromatic carbocycles. The van der Waals surface area contributed by atoms with Gasteiger partial charge in [-0.25, -0.2) is 4.98 Å². The molecule has 1 aliphatic rings. The maximum Gasteiger partial charge on any atom is 0.271 e. The molecule has 3 N–H and O–H groups in total. The fourth-order valence-electron chi connectivity index (χ4n) is 2.51. The van der Waals surface area contributed by atoms with Crippen LogP contribution in [0.4, 0.5) is 0 Å². The molecular formula is C16H21N3O. The summed E-state index contributed by atoms with van der Waals surface area (Å²) in [5, 5.41) is 3.09. The third kappa shape index (κ3) is 4.07. The summed E-state index contributed by atoms with van der Waals surface area (Å²) < 4.78 is 0. The number of carbonyl (C=O) groups excluding carboxylic acids is 1. The van der Waals surface area contributed by atoms with E-state index in [0.29, 0.717) is 11.3 Å². The predicted molar refractivity (Wildman–Crippen MR) is 79.1 cm³/mol. The molecule has 20 heavy (non-hydrogen) atoms. The van der Waals surface area contributed by atoms with Crippen molar-refractivity contribution in [2.24, 2.45) is 5.73 Å². The van der Waals surface area contributed by atoms with Crippen molar-refractivity contribution in [3.05, 3.63) is 29.6 Å². The van der Waals surface area contributed by atoms with Crippen molar-refractivity contribution in [2.75, 3.05) is 6.54 Å². The lowest BCUT2D eigenvalue weighted by Crippen LogP contribution is -2.35. The van der Waals surface area contributed by atoms with E-state index in [9.17, 15) is 4.79 Å². The topological polar surface area (TPSA) is 68.0 Å². The fourth-order valence-corrected chi connectivity index (χ4v) is 2.51. The van der Waals surface area contributed by atoms with E-state index in [1.165, 1.54) is 25.7 Å². The lowest BCUT2D eigenvalue weighted by atomic mass is 10.1. The maximum atomic E-state index is 12.3. The number of rotatable bonds is 2. The third-order valence-electron chi connectivity index (χ3n) is 3.54. The van der Waals surface area contributed by atoms with Crippen LogP contribution in [0.3, 0.4) is 0 Å². The molecule has 1 fully saturated rings. The minimum absolute atomic E-state index is 0.126. The van der Waals surface area contributed by atoms with Gasteiger partial charge in [0.05, 0.1) is 12.1 Å². The van der Waals surface area contributed by atoms with Gasteiger partial charge in [0.15, 0.2) is 0 Å². The SMILES string of the molecule is NCC#Cc1cccnc1C(=O)NC1CCCCCC1. The van der Waals surface area contributed by atoms with Crippen molar-refractivity contribution in [3.8, 4) is 11.8 Å². The molecule has 0 bridgehead atoms. The molecule has 0 saturated heterocycles. The second-order valence-corrected chi connectivity index (χ2v) is 5.07. The Hall–Kier alpha value is -1.86. The van der Waals surface area contributed by atoms with Crippen LogP contribution >= 0.6 is 0 Å². The van der Waals surface area contributed by atoms with Gasteiger partial charge in [0.1, 0.15) is 5.69 Å². The molecule has 0 atom stereocenters. The zero-order chi connectivity index (χ0) is 14.2. The highest BCUT2D eigenvalue weighted by Gasteiger charge is 2.18. The number of carbonyl (C=O) groups is 1. The summed E-state index contributed by atoms with van der Waals surface area (Å²) in [4.78, 5) is 16.5. The van der Waals surface area contributed by atoms with E-state index in [-0.39, 0.29) is 18.5 Å². The van der Waals surface area contributed by atoms with Gasteiger partial charge in [0.25, 0.3) is 5.91 Å². The second kappa shape index (κ2) is 7.66. The number of aromatic nitrogens is 1. The largest absolute Gasteiger partial charge is 0.348 e. The average Bonchev–Trinajstić information content (AvgIpc) is 2.74. The van der Waals surface area contributed by atoms with Crippen molar-refractivity contribution in [2.45, 2.75) is 44.6 Å². The number of amides is 1. The van der Waals surface area contributed by atoms with E-state index < -0.39 is 0 Å². The highest BCUT2D eigenvalue weighted by molar-refractivity contribution is 5.94. The van der Waals surface area contributed by atoms with Crippen LogP contribution in [-0.4, -0.2) is 23.5 Å². The standard InChI is InChI=1S/C16H21N3O/c17-11-5-7-13-8-6-12-18-15(13)16(20)19-14-9-3-1-2-4-10-14/h6,8,12,14H,1-4,9-11,17H2,(H,19,20). The minimum Gasteiger partial charge on any atom is -0.348 e. The third-order valence-corrected chi connectivity index (χ3v) is 3.54. The lowest BCUT2D eigenvalue weighted by Gasteiger charge is -2.16. The van der Waals surface area contributed by atoms with E-state index in [1.807, 2.05) is 0 Å². The molecule has 2 rings (SSSR count). The first-order chi connectivity index (χ1) is 9.81. The van der Waals surface area contributed by atoms with Gasteiger partial charge in [-0.3, -0.25) is 4.79 Å². The number of nitrogens with zero attached hydrogens (tertiary/aromatic N) is 1. The molecule has 106 valence electrons. The summed E-state index contributed by atoms with van der Waals surface area (Å²) in [7, 11) is 0. The monoisotopic (exact) mass is 271 g/mol. The highest BCUT2D eigenvalue weighted by Crippen LogP contribution is 2.17. The summed E-state index contributed by atoms with van der Waals surface area (Å²) in [6.45, 7) is 0.276. The molecule has 1 aliphatic carbocycles. The van der Waals surface area contributed by atoms with E-state index in [2.05, 4.69) is 22.1 Å². The summed E-state index contributed by atoms with van der Waals surface area (Å²) in [6, 6.07) is 3.85. The molecule has 0 aliphatic heterocycles. The second-order valence-electron chi connectivity index (χ2n) is 5.07. The van der Waals surface area contributed by atoms with E-state index in [0.717, 1.165) is 12.8 Å². The Labute approximate surface area is 120 Å². The quantitative estimate of drug-likeness (QED) is 0.637. The first kappa shape index (κ1) is 14.5. The van der Waals surface area contributed by atoms with Crippen LogP contribution in [0.25, 0.3) is 0 Å². The Balaban J connectivity index is 2.08. The van der Waals surface area contributed by atoms with E-state index in [1.54, 1.807) is 18.3 Å². The molecule has 1 aromatic rings. The van der Waals surface area contributed by atoms with Crippen LogP contribution in [-0.2, 0) is 0 Å². The van der Waals surface area contributed by atoms with Gasteiger partial charge >= 0.3 is 0 Å². The van der Waals surface area contributed by atoms with Crippen LogP contribution in [0.5, 0.6) is 0 Å². The summed E-state index contributed by atoms with van der Waals surface area (Å²) in [5.41, 5.74) is 6.42. The lowest BCUT2D eigenvalue weighted by molar-refractivity contribution is 0.0928. The summed E-state index contributed by atoms with van der Waals surface area (Å²) in [6.07, 6.45) is 8.65. The zero-order valence-corrected chi connectivity index (χ0v) is 11.7. The van der Waals surface area contributed by atoms with Crippen LogP contribution < -0.4 is 11.1 Å². The number of hydrogen-bond donors (Lipinski definition) is 2. The normalized spacial score (nSPS) is 15.8. The van der Waals surface area contributed by atoms with Crippen molar-refractivity contribution in [1.82, 2.24) is 10.3 Å². The Morgan fingerprint density at radius 2 is 2.10 bits per heavy atom. The van der Waals surface area contributed by atoms with Crippen molar-refractivity contribution in [3.63, 3.8) is 0 Å². The van der Waals surface area contributed by atoms with Gasteiger partial charge < -0.3 is 11.1 Å². The van der Waals surface area contributed by atoms with Crippen LogP contribution in [0, 0.1) is 11.8 Å². The maximum absolute atomic E-state index is 12.3. The van der Waals surface area contributed by atoms with Crippen molar-refractivity contribution >= 4 is 5.91 Å². The van der Waals surface area contributed by atoms with Crippen molar-refractivity contribution < 1.29 is 4.79 Å². The molecule has 1 saturated carbocycles. The average molecular weight is 271 g/mol. The zero-order valence-electron chi connectivity index (χ0n) is 11.7. The van der Waals surface area contributed by atoms with Gasteiger partial charge in [0.2, 0.25) is 0 Å². The molecule has 0 spiro atoms. The smallest absolute Gasteiger partial charge is 0.271 e. The van der Waals surface area contributed by atoms with Crippen LogP contribution in [0.2, 0.25) is 0 Å². The minimum atomic E-state index is -0.126. The molecule has 4 heteroatoms. The van der Waals surface area contributed by atoms with Gasteiger partial charge in [0, 0.05) is 12.2 Å². The number of pyridine rings is 1. The number of hydrogen-bond acceptors (Lipinski definition) is 3. The summed E-state index contributed by atoms with van der Waals surface area (Å²) in [5.74, 6) is 5.55. The van der Waals surface area contributed by atoms with E-state index in [4.69, 9.17) is 5.73 Å². The fraction of sp³-hybridized carbons (Fsp3) is 0.500. The first-order valence-electron chi connectivity index (χ1n) is 7.26. The number of nitrogens with two attached hydrogens (primary N) is 1. The molecule has 0 unspecified atom stereocenters. The molecular weight excluding hydrogens is 250 g/mol. The Morgan fingerprint density at radius 3 is 2.80 bits per heavy atom. The molecule has 1 heterocycles. The van der Waals surface area contributed by atoms with Gasteiger partial charge in [-0.2, -0.15) is 0 Å². The van der Waals surface area contributed by atoms with Crippen molar-refractivity contribution in [1.29, 1.82) is 0 Å². The van der Waals surface area contributed by atoms with Gasteiger partial charge in [-0.15, -0.1) is 0 Å². The first-order valence-corrected chi connectivity index (χ1v) is 7.26. The molecule has 1 aromatic heterocycles. The Kier molecular flexibility index (Phi) is 5.57. The van der Waals surface area contributed by atoms with Crippen LogP contribution in [0.15, 0.2) is 18.3 Å².